The second kappa shape index (κ2) is 4.73. The maximum absolute atomic E-state index is 6.36. The fourth-order valence-corrected chi connectivity index (χ4v) is 2.76. The molecule has 20 heavy (non-hydrogen) atoms. The molecule has 2 atom stereocenters. The number of nitrogens with zero attached hydrogens (tertiary/aromatic N) is 5. The van der Waals surface area contributed by atoms with Crippen LogP contribution in [0.15, 0.2) is 39.5 Å². The van der Waals surface area contributed by atoms with Crippen LogP contribution in [-0.4, -0.2) is 46.2 Å². The Morgan fingerprint density at radius 2 is 2.20 bits per heavy atom. The fourth-order valence-electron chi connectivity index (χ4n) is 2.52. The van der Waals surface area contributed by atoms with Crippen LogP contribution in [0, 0.1) is 0 Å². The van der Waals surface area contributed by atoms with Crippen molar-refractivity contribution in [1.82, 2.24) is 4.90 Å². The van der Waals surface area contributed by atoms with E-state index in [0.29, 0.717) is 5.84 Å². The first kappa shape index (κ1) is 13.9. The molecular weight excluding hydrogens is 278 g/mol. The number of morpholine rings is 1. The maximum Gasteiger partial charge on any atom is 0.300 e. The van der Waals surface area contributed by atoms with Gasteiger partial charge in [-0.2, -0.15) is 0 Å². The summed E-state index contributed by atoms with van der Waals surface area (Å²) in [5.74, 6) is 0.610. The van der Waals surface area contributed by atoms with Gasteiger partial charge in [0.1, 0.15) is 6.10 Å². The molecule has 0 spiro atoms. The fraction of sp³-hybridized carbons (Fsp3) is 0.615. The van der Waals surface area contributed by atoms with E-state index in [2.05, 4.69) is 41.2 Å². The van der Waals surface area contributed by atoms with Crippen molar-refractivity contribution in [3.63, 3.8) is 0 Å². The molecule has 3 heterocycles. The quantitative estimate of drug-likeness (QED) is 0.698. The van der Waals surface area contributed by atoms with E-state index in [0.717, 1.165) is 25.3 Å². The van der Waals surface area contributed by atoms with Gasteiger partial charge in [-0.15, -0.1) is 0 Å². The van der Waals surface area contributed by atoms with E-state index in [4.69, 9.17) is 16.5 Å². The van der Waals surface area contributed by atoms with Gasteiger partial charge in [-0.05, 0) is 31.0 Å². The summed E-state index contributed by atoms with van der Waals surface area (Å²) in [5.41, 5.74) is 1.16. The van der Waals surface area contributed by atoms with Gasteiger partial charge in [0.05, 0.1) is 11.8 Å². The molecule has 2 unspecified atom stereocenters. The van der Waals surface area contributed by atoms with E-state index < -0.39 is 0 Å². The van der Waals surface area contributed by atoms with Crippen LogP contribution < -0.4 is 0 Å². The lowest BCUT2D eigenvalue weighted by Gasteiger charge is -2.41. The Labute approximate surface area is 123 Å². The summed E-state index contributed by atoms with van der Waals surface area (Å²) in [6.45, 7) is 9.17. The second-order valence-electron chi connectivity index (χ2n) is 6.18. The Hall–Kier alpha value is -1.08. The molecule has 0 radical (unpaired) electrons. The van der Waals surface area contributed by atoms with Crippen molar-refractivity contribution < 1.29 is 8.85 Å². The number of hydrogen-bond acceptors (Lipinski definition) is 5. The summed E-state index contributed by atoms with van der Waals surface area (Å²) >= 11 is 6.36. The molecule has 6 nitrogen and oxygen atoms in total. The number of hydrogen-bond donors (Lipinski definition) is 0. The van der Waals surface area contributed by atoms with Gasteiger partial charge in [0, 0.05) is 35.5 Å². The van der Waals surface area contributed by atoms with Gasteiger partial charge >= 0.3 is 0 Å². The Balaban J connectivity index is 1.80. The van der Waals surface area contributed by atoms with Gasteiger partial charge in [0.15, 0.2) is 6.20 Å². The van der Waals surface area contributed by atoms with Crippen molar-refractivity contribution in [2.75, 3.05) is 19.7 Å². The molecule has 3 aliphatic rings. The summed E-state index contributed by atoms with van der Waals surface area (Å²) in [4.78, 5) is 2.42. The van der Waals surface area contributed by atoms with E-state index in [1.807, 2.05) is 18.4 Å². The third-order valence-corrected chi connectivity index (χ3v) is 4.11. The zero-order valence-corrected chi connectivity index (χ0v) is 12.7. The van der Waals surface area contributed by atoms with E-state index in [1.54, 1.807) is 0 Å². The van der Waals surface area contributed by atoms with Crippen LogP contribution in [-0.2, 0) is 4.74 Å². The molecule has 0 aromatic carbocycles. The first-order valence-electron chi connectivity index (χ1n) is 6.75. The molecule has 0 amide bonds. The molecule has 3 rings (SSSR count). The molecule has 0 aromatic rings. The molecule has 0 N–H and O–H groups in total. The van der Waals surface area contributed by atoms with Crippen molar-refractivity contribution in [3.05, 3.63) is 23.9 Å². The molecule has 0 aliphatic carbocycles. The van der Waals surface area contributed by atoms with Crippen LogP contribution in [0.4, 0.5) is 0 Å². The lowest BCUT2D eigenvalue weighted by atomic mass is 10.0. The number of fused-ring (bicyclic) bond motifs is 1. The van der Waals surface area contributed by atoms with Gasteiger partial charge in [-0.1, -0.05) is 5.10 Å². The Morgan fingerprint density at radius 1 is 1.40 bits per heavy atom. The molecule has 1 saturated heterocycles. The van der Waals surface area contributed by atoms with Crippen LogP contribution in [0.5, 0.6) is 0 Å². The van der Waals surface area contributed by atoms with Crippen LogP contribution in [0.1, 0.15) is 20.8 Å². The number of halogens is 1. The van der Waals surface area contributed by atoms with Crippen molar-refractivity contribution in [1.29, 1.82) is 0 Å². The monoisotopic (exact) mass is 296 g/mol. The molecule has 1 fully saturated rings. The molecule has 108 valence electrons. The van der Waals surface area contributed by atoms with Crippen LogP contribution in [0.2, 0.25) is 0 Å². The average molecular weight is 297 g/mol. The number of quaternary nitrogens is 1. The first-order valence-corrected chi connectivity index (χ1v) is 7.09. The number of rotatable bonds is 1. The highest BCUT2D eigenvalue weighted by atomic mass is 35.5. The lowest BCUT2D eigenvalue weighted by molar-refractivity contribution is -0.667. The van der Waals surface area contributed by atoms with E-state index in [-0.39, 0.29) is 15.8 Å². The topological polar surface area (TPSA) is 49.5 Å². The van der Waals surface area contributed by atoms with Crippen molar-refractivity contribution in [2.24, 2.45) is 15.5 Å². The van der Waals surface area contributed by atoms with Crippen molar-refractivity contribution in [2.45, 2.75) is 32.4 Å². The largest absolute Gasteiger partial charge is 0.371 e. The standard InChI is InChI=1S/C13H19ClN5O/c1-13(2,3)18-6-7-20-11(8-18)10-4-5-12-15-16-17-19(12,14)9-10/h4-5,9,11H,6-8H2,1-3H3/q+1. The first-order chi connectivity index (χ1) is 9.38. The van der Waals surface area contributed by atoms with Crippen molar-refractivity contribution >= 4 is 17.6 Å². The smallest absolute Gasteiger partial charge is 0.300 e. The predicted molar refractivity (Wildman–Crippen MR) is 76.7 cm³/mol. The predicted octanol–water partition coefficient (Wildman–Crippen LogP) is 2.60. The highest BCUT2D eigenvalue weighted by molar-refractivity contribution is 6.15. The summed E-state index contributed by atoms with van der Waals surface area (Å²) < 4.78 is 5.66. The van der Waals surface area contributed by atoms with Gasteiger partial charge in [-0.3, -0.25) is 4.90 Å². The molecule has 0 saturated carbocycles. The maximum atomic E-state index is 6.36. The van der Waals surface area contributed by atoms with Gasteiger partial charge < -0.3 is 4.74 Å². The zero-order chi connectivity index (χ0) is 14.4. The number of ether oxygens (including phenoxy) is 1. The van der Waals surface area contributed by atoms with Crippen LogP contribution in [0.3, 0.4) is 0 Å². The third-order valence-electron chi connectivity index (χ3n) is 3.77. The Bertz CT molecular complexity index is 533. The van der Waals surface area contributed by atoms with E-state index in [9.17, 15) is 0 Å². The molecule has 7 heteroatoms. The van der Waals surface area contributed by atoms with Crippen LogP contribution in [0.25, 0.3) is 0 Å². The molecule has 3 aliphatic heterocycles. The summed E-state index contributed by atoms with van der Waals surface area (Å²) in [6, 6.07) is 0. The van der Waals surface area contributed by atoms with Gasteiger partial charge in [-0.25, -0.2) is 0 Å². The second-order valence-corrected chi connectivity index (χ2v) is 6.69. The summed E-state index contributed by atoms with van der Waals surface area (Å²) in [7, 11) is 0. The lowest BCUT2D eigenvalue weighted by Crippen LogP contribution is -2.52. The Morgan fingerprint density at radius 3 is 2.95 bits per heavy atom. The average Bonchev–Trinajstić information content (AvgIpc) is 2.78. The minimum absolute atomic E-state index is 0.00493. The zero-order valence-electron chi connectivity index (χ0n) is 12.0. The minimum atomic E-state index is -0.235. The van der Waals surface area contributed by atoms with E-state index >= 15 is 0 Å². The molecule has 0 bridgehead atoms. The summed E-state index contributed by atoms with van der Waals surface area (Å²) in [5, 5.41) is 11.5. The van der Waals surface area contributed by atoms with Gasteiger partial charge in [0.2, 0.25) is 11.8 Å². The third kappa shape index (κ3) is 2.44. The molecular formula is C13H19ClN5O+. The van der Waals surface area contributed by atoms with Gasteiger partial charge in [0.25, 0.3) is 5.84 Å². The minimum Gasteiger partial charge on any atom is -0.371 e. The number of amidine groups is 1. The van der Waals surface area contributed by atoms with Crippen LogP contribution >= 0.6 is 11.8 Å². The van der Waals surface area contributed by atoms with Crippen molar-refractivity contribution in [3.8, 4) is 0 Å². The Kier molecular flexibility index (Phi) is 3.29. The normalized spacial score (nSPS) is 33.9. The molecule has 0 aromatic heterocycles. The highest BCUT2D eigenvalue weighted by Crippen LogP contribution is 2.31. The SMILES string of the molecule is CC(C)(C)N1CCOC(C2=C[N+]3(Cl)N=NN=C3C=C2)C1. The van der Waals surface area contributed by atoms with E-state index in [1.165, 1.54) is 0 Å². The highest BCUT2D eigenvalue weighted by Gasteiger charge is 2.41. The summed E-state index contributed by atoms with van der Waals surface area (Å²) in [6.07, 6.45) is 5.69.